The minimum Gasteiger partial charge on any atom is -0.466 e. The first-order valence-electron chi connectivity index (χ1n) is 14.5. The van der Waals surface area contributed by atoms with Crippen LogP contribution < -0.4 is 0 Å². The first-order valence-corrected chi connectivity index (χ1v) is 14.5. The van der Waals surface area contributed by atoms with Crippen molar-refractivity contribution in [3.05, 3.63) is 0 Å². The molecule has 0 N–H and O–H groups in total. The fourth-order valence-electron chi connectivity index (χ4n) is 3.99. The summed E-state index contributed by atoms with van der Waals surface area (Å²) in [6.45, 7) is 0.197. The van der Waals surface area contributed by atoms with Crippen molar-refractivity contribution in [1.82, 2.24) is 0 Å². The van der Waals surface area contributed by atoms with Crippen molar-refractivity contribution in [3.63, 3.8) is 0 Å². The van der Waals surface area contributed by atoms with Crippen molar-refractivity contribution in [2.45, 2.75) is 153 Å². The lowest BCUT2D eigenvalue weighted by Crippen LogP contribution is -2.59. The van der Waals surface area contributed by atoms with Crippen LogP contribution in [0.3, 0.4) is 0 Å². The molecule has 0 rings (SSSR count). The quantitative estimate of drug-likeness (QED) is 0.0565. The van der Waals surface area contributed by atoms with E-state index in [9.17, 15) is 44.7 Å². The highest BCUT2D eigenvalue weighted by Crippen LogP contribution is 2.48. The maximum atomic E-state index is 13.4. The van der Waals surface area contributed by atoms with Crippen LogP contribution in [0.1, 0.15) is 129 Å². The zero-order valence-corrected chi connectivity index (χ0v) is 23.6. The van der Waals surface area contributed by atoms with E-state index in [2.05, 4.69) is 11.7 Å². The van der Waals surface area contributed by atoms with Crippen LogP contribution in [0.25, 0.3) is 0 Å². The second kappa shape index (κ2) is 21.1. The Balaban J connectivity index is 3.69. The molecular formula is C28H46F8O4. The van der Waals surface area contributed by atoms with Crippen LogP contribution >= 0.6 is 0 Å². The number of alkyl halides is 8. The SMILES string of the molecule is CCCCCCCCCCCCCOC(=O)CCCCCCCCC(=O)OCC(F)(F)C(F)(F)C(F)(F)C(F)F. The van der Waals surface area contributed by atoms with E-state index in [1.54, 1.807) is 0 Å². The van der Waals surface area contributed by atoms with E-state index in [-0.39, 0.29) is 12.4 Å². The minimum absolute atomic E-state index is 0.176. The van der Waals surface area contributed by atoms with E-state index in [0.717, 1.165) is 32.1 Å². The number of carbonyl (C=O) groups is 2. The smallest absolute Gasteiger partial charge is 0.381 e. The summed E-state index contributed by atoms with van der Waals surface area (Å²) in [6.07, 6.45) is 11.6. The van der Waals surface area contributed by atoms with Gasteiger partial charge < -0.3 is 9.47 Å². The van der Waals surface area contributed by atoms with Crippen LogP contribution in [0, 0.1) is 0 Å². The number of carbonyl (C=O) groups excluding carboxylic acids is 2. The lowest BCUT2D eigenvalue weighted by molar-refractivity contribution is -0.344. The highest BCUT2D eigenvalue weighted by atomic mass is 19.4. The van der Waals surface area contributed by atoms with Gasteiger partial charge >= 0.3 is 36.1 Å². The molecule has 0 bridgehead atoms. The van der Waals surface area contributed by atoms with Gasteiger partial charge in [0, 0.05) is 12.8 Å². The molecule has 0 aliphatic rings. The van der Waals surface area contributed by atoms with Crippen LogP contribution in [-0.2, 0) is 19.1 Å². The molecule has 4 nitrogen and oxygen atoms in total. The fourth-order valence-corrected chi connectivity index (χ4v) is 3.99. The largest absolute Gasteiger partial charge is 0.466 e. The molecule has 40 heavy (non-hydrogen) atoms. The van der Waals surface area contributed by atoms with Gasteiger partial charge in [-0.25, -0.2) is 8.78 Å². The number of esters is 2. The highest BCUT2D eigenvalue weighted by Gasteiger charge is 2.75. The van der Waals surface area contributed by atoms with Gasteiger partial charge in [-0.05, 0) is 19.3 Å². The highest BCUT2D eigenvalue weighted by molar-refractivity contribution is 5.69. The molecule has 0 aliphatic carbocycles. The number of rotatable bonds is 26. The number of ether oxygens (including phenoxy) is 2. The molecule has 0 aromatic rings. The summed E-state index contributed by atoms with van der Waals surface area (Å²) in [4.78, 5) is 23.2. The van der Waals surface area contributed by atoms with Gasteiger partial charge in [-0.3, -0.25) is 9.59 Å². The van der Waals surface area contributed by atoms with Crippen molar-refractivity contribution >= 4 is 11.9 Å². The van der Waals surface area contributed by atoms with Gasteiger partial charge in [0.05, 0.1) is 6.61 Å². The summed E-state index contributed by atoms with van der Waals surface area (Å²) in [5.41, 5.74) is 0. The summed E-state index contributed by atoms with van der Waals surface area (Å²) >= 11 is 0. The maximum Gasteiger partial charge on any atom is 0.381 e. The Labute approximate surface area is 232 Å². The van der Waals surface area contributed by atoms with Gasteiger partial charge in [-0.2, -0.15) is 26.3 Å². The van der Waals surface area contributed by atoms with E-state index < -0.39 is 43.2 Å². The molecule has 0 radical (unpaired) electrons. The zero-order valence-electron chi connectivity index (χ0n) is 23.6. The number of hydrogen-bond acceptors (Lipinski definition) is 4. The lowest BCUT2D eigenvalue weighted by atomic mass is 10.1. The van der Waals surface area contributed by atoms with Crippen LogP contribution in [0.4, 0.5) is 35.1 Å². The Morgan fingerprint density at radius 1 is 0.575 bits per heavy atom. The summed E-state index contributed by atoms with van der Waals surface area (Å²) in [7, 11) is 0. The fraction of sp³-hybridized carbons (Fsp3) is 0.929. The predicted octanol–water partition coefficient (Wildman–Crippen LogP) is 9.68. The van der Waals surface area contributed by atoms with Crippen LogP contribution in [0.5, 0.6) is 0 Å². The molecule has 0 saturated carbocycles. The molecule has 12 heteroatoms. The zero-order chi connectivity index (χ0) is 30.5. The Hall–Kier alpha value is -1.62. The Kier molecular flexibility index (Phi) is 20.3. The summed E-state index contributed by atoms with van der Waals surface area (Å²) < 4.78 is 112. The molecule has 0 amide bonds. The second-order valence-corrected chi connectivity index (χ2v) is 10.2. The molecule has 0 aromatic heterocycles. The van der Waals surface area contributed by atoms with Gasteiger partial charge in [-0.1, -0.05) is 96.8 Å². The molecule has 0 aliphatic heterocycles. The van der Waals surface area contributed by atoms with Gasteiger partial charge in [0.15, 0.2) is 6.61 Å². The molecule has 0 saturated heterocycles. The number of halogens is 8. The summed E-state index contributed by atoms with van der Waals surface area (Å²) in [6, 6.07) is 0. The van der Waals surface area contributed by atoms with Crippen molar-refractivity contribution < 1.29 is 54.2 Å². The van der Waals surface area contributed by atoms with Crippen LogP contribution in [0.15, 0.2) is 0 Å². The van der Waals surface area contributed by atoms with Crippen molar-refractivity contribution in [2.75, 3.05) is 13.2 Å². The third-order valence-corrected chi connectivity index (χ3v) is 6.59. The normalized spacial score (nSPS) is 12.7. The monoisotopic (exact) mass is 598 g/mol. The first kappa shape index (κ1) is 38.4. The van der Waals surface area contributed by atoms with Gasteiger partial charge in [-0.15, -0.1) is 0 Å². The molecule has 0 unspecified atom stereocenters. The van der Waals surface area contributed by atoms with Gasteiger partial charge in [0.2, 0.25) is 0 Å². The average molecular weight is 599 g/mol. The van der Waals surface area contributed by atoms with E-state index in [4.69, 9.17) is 4.74 Å². The maximum absolute atomic E-state index is 13.4. The van der Waals surface area contributed by atoms with E-state index in [1.165, 1.54) is 51.4 Å². The predicted molar refractivity (Wildman–Crippen MR) is 136 cm³/mol. The van der Waals surface area contributed by atoms with Crippen molar-refractivity contribution in [1.29, 1.82) is 0 Å². The summed E-state index contributed by atoms with van der Waals surface area (Å²) in [5.74, 6) is -19.9. The Morgan fingerprint density at radius 3 is 1.38 bits per heavy atom. The third-order valence-electron chi connectivity index (χ3n) is 6.59. The molecule has 0 atom stereocenters. The average Bonchev–Trinajstić information content (AvgIpc) is 2.89. The molecular weight excluding hydrogens is 552 g/mol. The molecule has 0 spiro atoms. The Morgan fingerprint density at radius 2 is 0.950 bits per heavy atom. The molecule has 238 valence electrons. The third kappa shape index (κ3) is 16.0. The second-order valence-electron chi connectivity index (χ2n) is 10.2. The van der Waals surface area contributed by atoms with Gasteiger partial charge in [0.25, 0.3) is 0 Å². The minimum atomic E-state index is -6.40. The molecule has 0 fully saturated rings. The standard InChI is InChI=1S/C28H46F8O4/c1-2-3-4-5-6-7-8-9-12-15-18-21-39-23(37)19-16-13-10-11-14-17-20-24(38)40-22-26(31,32)28(35,36)27(33,34)25(29)30/h25H,2-22H2,1H3. The van der Waals surface area contributed by atoms with E-state index in [0.29, 0.717) is 32.3 Å². The van der Waals surface area contributed by atoms with Crippen molar-refractivity contribution in [2.24, 2.45) is 0 Å². The Bertz CT molecular complexity index is 675. The van der Waals surface area contributed by atoms with Crippen LogP contribution in [-0.4, -0.2) is 49.3 Å². The number of unbranched alkanes of at least 4 members (excludes halogenated alkanes) is 15. The molecule has 0 aromatic carbocycles. The summed E-state index contributed by atoms with van der Waals surface area (Å²) in [5, 5.41) is 0. The van der Waals surface area contributed by atoms with Crippen LogP contribution in [0.2, 0.25) is 0 Å². The lowest BCUT2D eigenvalue weighted by Gasteiger charge is -2.31. The van der Waals surface area contributed by atoms with E-state index in [1.807, 2.05) is 0 Å². The topological polar surface area (TPSA) is 52.6 Å². The number of hydrogen-bond donors (Lipinski definition) is 0. The van der Waals surface area contributed by atoms with E-state index >= 15 is 0 Å². The first-order chi connectivity index (χ1) is 18.8. The molecule has 0 heterocycles. The van der Waals surface area contributed by atoms with Gasteiger partial charge in [0.1, 0.15) is 0 Å². The van der Waals surface area contributed by atoms with Crippen molar-refractivity contribution in [3.8, 4) is 0 Å².